The summed E-state index contributed by atoms with van der Waals surface area (Å²) in [5, 5.41) is 6.45. The zero-order chi connectivity index (χ0) is 15.1. The van der Waals surface area contributed by atoms with Crippen LogP contribution in [0.3, 0.4) is 0 Å². The normalized spacial score (nSPS) is 21.8. The molecule has 0 atom stereocenters. The zero-order valence-electron chi connectivity index (χ0n) is 12.6. The molecule has 1 saturated heterocycles. The van der Waals surface area contributed by atoms with Crippen molar-refractivity contribution in [3.8, 4) is 6.01 Å². The summed E-state index contributed by atoms with van der Waals surface area (Å²) in [5.41, 5.74) is 0. The monoisotopic (exact) mass is 313 g/mol. The van der Waals surface area contributed by atoms with Crippen LogP contribution in [0.2, 0.25) is 0 Å². The Labute approximate surface area is 127 Å². The summed E-state index contributed by atoms with van der Waals surface area (Å²) in [7, 11) is -0.665. The molecule has 118 valence electrons. The summed E-state index contributed by atoms with van der Waals surface area (Å²) in [6.45, 7) is 5.29. The number of hydrogen-bond acceptors (Lipinski definition) is 7. The van der Waals surface area contributed by atoms with Gasteiger partial charge in [0.25, 0.3) is 0 Å². The number of aromatic nitrogens is 3. The van der Waals surface area contributed by atoms with Crippen LogP contribution in [0.1, 0.15) is 33.1 Å². The Kier molecular flexibility index (Phi) is 6.16. The highest BCUT2D eigenvalue weighted by Crippen LogP contribution is 2.16. The van der Waals surface area contributed by atoms with Gasteiger partial charge in [0, 0.05) is 34.9 Å². The number of rotatable bonds is 7. The Balaban J connectivity index is 2.05. The van der Waals surface area contributed by atoms with Crippen molar-refractivity contribution in [1.82, 2.24) is 15.0 Å². The minimum atomic E-state index is -0.665. The maximum Gasteiger partial charge on any atom is 0.323 e. The fraction of sp³-hybridized carbons (Fsp3) is 0.769. The Morgan fingerprint density at radius 1 is 1.19 bits per heavy atom. The molecule has 1 fully saturated rings. The van der Waals surface area contributed by atoms with E-state index in [1.54, 1.807) is 0 Å². The molecule has 1 aliphatic heterocycles. The van der Waals surface area contributed by atoms with E-state index in [0.717, 1.165) is 37.3 Å². The summed E-state index contributed by atoms with van der Waals surface area (Å²) in [5.74, 6) is 2.52. The third-order valence-electron chi connectivity index (χ3n) is 3.14. The van der Waals surface area contributed by atoms with Gasteiger partial charge in [-0.05, 0) is 26.2 Å². The van der Waals surface area contributed by atoms with E-state index in [9.17, 15) is 4.21 Å². The van der Waals surface area contributed by atoms with Gasteiger partial charge >= 0.3 is 6.01 Å². The molecule has 0 radical (unpaired) electrons. The Hall–Kier alpha value is -1.44. The van der Waals surface area contributed by atoms with Gasteiger partial charge in [0.2, 0.25) is 11.9 Å². The molecule has 0 amide bonds. The number of anilines is 2. The van der Waals surface area contributed by atoms with Crippen LogP contribution in [0.15, 0.2) is 0 Å². The van der Waals surface area contributed by atoms with Crippen LogP contribution in [-0.4, -0.2) is 49.9 Å². The van der Waals surface area contributed by atoms with Crippen LogP contribution in [0, 0.1) is 0 Å². The topological polar surface area (TPSA) is 89.0 Å². The second kappa shape index (κ2) is 8.11. The van der Waals surface area contributed by atoms with Crippen molar-refractivity contribution in [3.05, 3.63) is 0 Å². The van der Waals surface area contributed by atoms with Crippen LogP contribution < -0.4 is 15.4 Å². The minimum absolute atomic E-state index is 0.263. The average Bonchev–Trinajstić information content (AvgIpc) is 2.48. The van der Waals surface area contributed by atoms with E-state index in [2.05, 4.69) is 32.5 Å². The van der Waals surface area contributed by atoms with Gasteiger partial charge in [-0.15, -0.1) is 0 Å². The van der Waals surface area contributed by atoms with Gasteiger partial charge in [-0.3, -0.25) is 4.21 Å². The van der Waals surface area contributed by atoms with E-state index in [-0.39, 0.29) is 6.04 Å². The highest BCUT2D eigenvalue weighted by molar-refractivity contribution is 7.85. The van der Waals surface area contributed by atoms with Crippen molar-refractivity contribution in [3.63, 3.8) is 0 Å². The van der Waals surface area contributed by atoms with Crippen molar-refractivity contribution < 1.29 is 8.95 Å². The third-order valence-corrected chi connectivity index (χ3v) is 4.52. The van der Waals surface area contributed by atoms with Crippen molar-refractivity contribution >= 4 is 22.7 Å². The van der Waals surface area contributed by atoms with E-state index < -0.39 is 10.8 Å². The van der Waals surface area contributed by atoms with E-state index in [1.807, 2.05) is 6.92 Å². The first kappa shape index (κ1) is 15.9. The molecule has 7 nitrogen and oxygen atoms in total. The lowest BCUT2D eigenvalue weighted by atomic mass is 10.2. The van der Waals surface area contributed by atoms with Crippen molar-refractivity contribution in [2.24, 2.45) is 0 Å². The lowest BCUT2D eigenvalue weighted by Gasteiger charge is -2.22. The number of ether oxygens (including phenoxy) is 1. The van der Waals surface area contributed by atoms with Crippen molar-refractivity contribution in [2.75, 3.05) is 35.3 Å². The summed E-state index contributed by atoms with van der Waals surface area (Å²) in [6.07, 6.45) is 2.74. The van der Waals surface area contributed by atoms with Gasteiger partial charge in [0.05, 0.1) is 6.61 Å². The molecule has 0 saturated carbocycles. The predicted molar refractivity (Wildman–Crippen MR) is 84.3 cm³/mol. The quantitative estimate of drug-likeness (QED) is 0.786. The Bertz CT molecular complexity index is 476. The summed E-state index contributed by atoms with van der Waals surface area (Å²) >= 11 is 0. The number of nitrogens with zero attached hydrogens (tertiary/aromatic N) is 3. The van der Waals surface area contributed by atoms with Gasteiger partial charge < -0.3 is 15.4 Å². The fourth-order valence-electron chi connectivity index (χ4n) is 2.05. The maximum atomic E-state index is 11.4. The summed E-state index contributed by atoms with van der Waals surface area (Å²) in [4.78, 5) is 12.9. The maximum absolute atomic E-state index is 11.4. The molecule has 0 bridgehead atoms. The highest BCUT2D eigenvalue weighted by atomic mass is 32.2. The first-order valence-corrected chi connectivity index (χ1v) is 8.94. The smallest absolute Gasteiger partial charge is 0.323 e. The minimum Gasteiger partial charge on any atom is -0.464 e. The second-order valence-electron chi connectivity index (χ2n) is 4.89. The van der Waals surface area contributed by atoms with Crippen LogP contribution >= 0.6 is 0 Å². The molecule has 0 unspecified atom stereocenters. The summed E-state index contributed by atoms with van der Waals surface area (Å²) < 4.78 is 16.8. The van der Waals surface area contributed by atoms with Crippen LogP contribution in [0.4, 0.5) is 11.9 Å². The van der Waals surface area contributed by atoms with E-state index >= 15 is 0 Å². The lowest BCUT2D eigenvalue weighted by Crippen LogP contribution is -2.30. The van der Waals surface area contributed by atoms with Gasteiger partial charge in [-0.1, -0.05) is 6.92 Å². The number of nitrogens with one attached hydrogen (secondary N) is 2. The molecular formula is C13H23N5O2S. The van der Waals surface area contributed by atoms with Gasteiger partial charge in [-0.25, -0.2) is 0 Å². The molecule has 0 aliphatic carbocycles. The predicted octanol–water partition coefficient (Wildman–Crippen LogP) is 1.42. The second-order valence-corrected chi connectivity index (χ2v) is 6.59. The Morgan fingerprint density at radius 3 is 2.57 bits per heavy atom. The van der Waals surface area contributed by atoms with E-state index in [0.29, 0.717) is 24.5 Å². The first-order valence-electron chi connectivity index (χ1n) is 7.45. The van der Waals surface area contributed by atoms with E-state index in [1.165, 1.54) is 0 Å². The van der Waals surface area contributed by atoms with Crippen LogP contribution in [0.25, 0.3) is 0 Å². The molecule has 2 rings (SSSR count). The highest BCUT2D eigenvalue weighted by Gasteiger charge is 2.19. The van der Waals surface area contributed by atoms with Gasteiger partial charge in [-0.2, -0.15) is 15.0 Å². The zero-order valence-corrected chi connectivity index (χ0v) is 13.4. The molecule has 1 aliphatic rings. The standard InChI is InChI=1S/C13H23N5O2S/c1-3-7-14-11-16-12(18-13(17-11)20-4-2)15-10-5-8-21(19)9-6-10/h10H,3-9H2,1-2H3,(H2,14,15,16,17,18). The lowest BCUT2D eigenvalue weighted by molar-refractivity contribution is 0.312. The molecule has 8 heteroatoms. The van der Waals surface area contributed by atoms with Gasteiger partial charge in [0.1, 0.15) is 0 Å². The average molecular weight is 313 g/mol. The van der Waals surface area contributed by atoms with Crippen LogP contribution in [0.5, 0.6) is 6.01 Å². The third kappa shape index (κ3) is 5.11. The van der Waals surface area contributed by atoms with Crippen molar-refractivity contribution in [2.45, 2.75) is 39.2 Å². The Morgan fingerprint density at radius 2 is 1.90 bits per heavy atom. The molecule has 21 heavy (non-hydrogen) atoms. The molecule has 2 N–H and O–H groups in total. The largest absolute Gasteiger partial charge is 0.464 e. The number of hydrogen-bond donors (Lipinski definition) is 2. The molecule has 1 aromatic heterocycles. The molecule has 0 aromatic carbocycles. The summed E-state index contributed by atoms with van der Waals surface area (Å²) in [6, 6.07) is 0.589. The van der Waals surface area contributed by atoms with E-state index in [4.69, 9.17) is 4.74 Å². The molecule has 0 spiro atoms. The molecule has 1 aromatic rings. The van der Waals surface area contributed by atoms with Gasteiger partial charge in [0.15, 0.2) is 0 Å². The van der Waals surface area contributed by atoms with Crippen molar-refractivity contribution in [1.29, 1.82) is 0 Å². The van der Waals surface area contributed by atoms with Crippen LogP contribution in [-0.2, 0) is 10.8 Å². The fourth-order valence-corrected chi connectivity index (χ4v) is 3.35. The molecule has 2 heterocycles. The molecular weight excluding hydrogens is 290 g/mol. The SMILES string of the molecule is CCCNc1nc(NC2CCS(=O)CC2)nc(OCC)n1. The first-order chi connectivity index (χ1) is 10.2.